The highest BCUT2D eigenvalue weighted by molar-refractivity contribution is 6.03. The summed E-state index contributed by atoms with van der Waals surface area (Å²) in [4.78, 5) is 37.5. The molecule has 4 saturated carbocycles. The van der Waals surface area contributed by atoms with E-state index in [2.05, 4.69) is 41.2 Å². The van der Waals surface area contributed by atoms with E-state index in [0.717, 1.165) is 68.8 Å². The van der Waals surface area contributed by atoms with Gasteiger partial charge in [0.05, 0.1) is 5.41 Å². The zero-order valence-corrected chi connectivity index (χ0v) is 22.7. The van der Waals surface area contributed by atoms with Gasteiger partial charge in [-0.15, -0.1) is 0 Å². The molecule has 0 radical (unpaired) electrons. The number of carbonyl (C=O) groups excluding carboxylic acids is 3. The lowest BCUT2D eigenvalue weighted by molar-refractivity contribution is -0.191. The van der Waals surface area contributed by atoms with Crippen molar-refractivity contribution in [2.24, 2.45) is 45.3 Å². The van der Waals surface area contributed by atoms with Crippen LogP contribution in [0.15, 0.2) is 23.3 Å². The standard InChI is InChI=1S/C31H44O4/c1-18(2)26-23(34)16-31(17-32)15-14-29(6)22(27(26)31)8-9-25-28(5)12-11-24(35-20(4)33)19(3)21(28)10-13-30(25,29)7/h17-18,21-22,24-25H,3,8-16H2,1-2,4-7H3/t21?,22-,24+,25-,28+,29-,30-,31+/m1/s1. The molecule has 5 aliphatic rings. The average molecular weight is 481 g/mol. The van der Waals surface area contributed by atoms with Crippen molar-refractivity contribution >= 4 is 18.0 Å². The van der Waals surface area contributed by atoms with Gasteiger partial charge >= 0.3 is 5.97 Å². The molecule has 0 aromatic heterocycles. The molecule has 1 unspecified atom stereocenters. The molecule has 0 saturated heterocycles. The van der Waals surface area contributed by atoms with Crippen molar-refractivity contribution in [3.8, 4) is 0 Å². The Morgan fingerprint density at radius 2 is 1.71 bits per heavy atom. The van der Waals surface area contributed by atoms with Crippen LogP contribution >= 0.6 is 0 Å². The molecule has 0 heterocycles. The quantitative estimate of drug-likeness (QED) is 0.258. The summed E-state index contributed by atoms with van der Waals surface area (Å²) >= 11 is 0. The summed E-state index contributed by atoms with van der Waals surface area (Å²) < 4.78 is 5.67. The second kappa shape index (κ2) is 7.89. The van der Waals surface area contributed by atoms with Crippen LogP contribution < -0.4 is 0 Å². The molecule has 5 rings (SSSR count). The van der Waals surface area contributed by atoms with Gasteiger partial charge in [0, 0.05) is 13.3 Å². The summed E-state index contributed by atoms with van der Waals surface area (Å²) in [5.74, 6) is 1.43. The number of rotatable bonds is 3. The van der Waals surface area contributed by atoms with Crippen molar-refractivity contribution in [3.63, 3.8) is 0 Å². The number of allylic oxidation sites excluding steroid dienone is 2. The number of hydrogen-bond donors (Lipinski definition) is 0. The Bertz CT molecular complexity index is 1020. The van der Waals surface area contributed by atoms with Crippen LogP contribution in [0.1, 0.15) is 99.3 Å². The molecule has 4 heteroatoms. The monoisotopic (exact) mass is 480 g/mol. The van der Waals surface area contributed by atoms with Crippen molar-refractivity contribution in [2.45, 2.75) is 105 Å². The molecule has 192 valence electrons. The summed E-state index contributed by atoms with van der Waals surface area (Å²) in [6, 6.07) is 0. The zero-order chi connectivity index (χ0) is 25.6. The maximum Gasteiger partial charge on any atom is 0.303 e. The molecule has 5 aliphatic carbocycles. The number of hydrogen-bond acceptors (Lipinski definition) is 4. The first kappa shape index (κ1) is 25.0. The normalized spacial score (nSPS) is 47.1. The molecule has 0 aromatic carbocycles. The van der Waals surface area contributed by atoms with E-state index in [1.807, 2.05) is 0 Å². The molecular formula is C31H44O4. The predicted molar refractivity (Wildman–Crippen MR) is 136 cm³/mol. The number of fused-ring (bicyclic) bond motifs is 7. The molecule has 4 nitrogen and oxygen atoms in total. The first-order valence-electron chi connectivity index (χ1n) is 13.9. The van der Waals surface area contributed by atoms with E-state index in [9.17, 15) is 14.4 Å². The number of aldehydes is 1. The van der Waals surface area contributed by atoms with E-state index < -0.39 is 5.41 Å². The van der Waals surface area contributed by atoms with Gasteiger partial charge in [0.15, 0.2) is 5.78 Å². The van der Waals surface area contributed by atoms with Gasteiger partial charge in [-0.05, 0) is 108 Å². The van der Waals surface area contributed by atoms with Crippen LogP contribution in [0.2, 0.25) is 0 Å². The molecule has 0 N–H and O–H groups in total. The molecule has 8 atom stereocenters. The fourth-order valence-corrected chi connectivity index (χ4v) is 10.3. The molecule has 0 bridgehead atoms. The van der Waals surface area contributed by atoms with Crippen molar-refractivity contribution in [2.75, 3.05) is 0 Å². The topological polar surface area (TPSA) is 60.4 Å². The second-order valence-corrected chi connectivity index (χ2v) is 13.7. The van der Waals surface area contributed by atoms with Crippen LogP contribution in [0, 0.1) is 45.3 Å². The van der Waals surface area contributed by atoms with Gasteiger partial charge in [-0.2, -0.15) is 0 Å². The van der Waals surface area contributed by atoms with Crippen molar-refractivity contribution < 1.29 is 19.1 Å². The number of esters is 1. The minimum absolute atomic E-state index is 0.0740. The van der Waals surface area contributed by atoms with Crippen molar-refractivity contribution in [3.05, 3.63) is 23.3 Å². The van der Waals surface area contributed by atoms with Crippen LogP contribution in [0.3, 0.4) is 0 Å². The summed E-state index contributed by atoms with van der Waals surface area (Å²) in [5, 5.41) is 0. The van der Waals surface area contributed by atoms with Gasteiger partial charge in [0.25, 0.3) is 0 Å². The lowest BCUT2D eigenvalue weighted by Crippen LogP contribution is -2.63. The molecular weight excluding hydrogens is 436 g/mol. The van der Waals surface area contributed by atoms with Gasteiger partial charge in [-0.1, -0.05) is 41.2 Å². The maximum absolute atomic E-state index is 13.2. The van der Waals surface area contributed by atoms with Crippen molar-refractivity contribution in [1.82, 2.24) is 0 Å². The molecule has 0 spiro atoms. The van der Waals surface area contributed by atoms with Gasteiger partial charge in [0.1, 0.15) is 12.4 Å². The lowest BCUT2D eigenvalue weighted by Gasteiger charge is -2.70. The Morgan fingerprint density at radius 3 is 2.34 bits per heavy atom. The summed E-state index contributed by atoms with van der Waals surface area (Å²) in [7, 11) is 0. The Kier molecular flexibility index (Phi) is 5.63. The van der Waals surface area contributed by atoms with E-state index in [1.165, 1.54) is 12.5 Å². The van der Waals surface area contributed by atoms with Gasteiger partial charge in [0.2, 0.25) is 0 Å². The Hall–Kier alpha value is -1.71. The third-order valence-corrected chi connectivity index (χ3v) is 12.1. The SMILES string of the molecule is C=C1C2CC[C@]3(C)[C@H](CC[C@@H]4C5=C(C(C)C)C(=O)C[C@]5(C=O)CC[C@]43C)[C@@]2(C)CC[C@@H]1OC(C)=O. The van der Waals surface area contributed by atoms with Crippen LogP contribution in [0.25, 0.3) is 0 Å². The molecule has 4 fully saturated rings. The number of ketones is 1. The molecule has 0 aromatic rings. The van der Waals surface area contributed by atoms with E-state index in [-0.39, 0.29) is 40.0 Å². The first-order chi connectivity index (χ1) is 16.3. The van der Waals surface area contributed by atoms with E-state index in [1.54, 1.807) is 0 Å². The smallest absolute Gasteiger partial charge is 0.303 e. The largest absolute Gasteiger partial charge is 0.458 e. The maximum atomic E-state index is 13.2. The molecule has 0 amide bonds. The average Bonchev–Trinajstić information content (AvgIpc) is 3.09. The van der Waals surface area contributed by atoms with Gasteiger partial charge < -0.3 is 9.53 Å². The number of ether oxygens (including phenoxy) is 1. The van der Waals surface area contributed by atoms with Gasteiger partial charge in [-0.25, -0.2) is 0 Å². The fraction of sp³-hybridized carbons (Fsp3) is 0.774. The molecule has 0 aliphatic heterocycles. The third-order valence-electron chi connectivity index (χ3n) is 12.1. The highest BCUT2D eigenvalue weighted by Crippen LogP contribution is 2.75. The zero-order valence-electron chi connectivity index (χ0n) is 22.7. The predicted octanol–water partition coefficient (Wildman–Crippen LogP) is 6.63. The first-order valence-corrected chi connectivity index (χ1v) is 13.9. The van der Waals surface area contributed by atoms with Crippen LogP contribution in [0.5, 0.6) is 0 Å². The lowest BCUT2D eigenvalue weighted by atomic mass is 9.34. The third kappa shape index (κ3) is 3.13. The van der Waals surface area contributed by atoms with Gasteiger partial charge in [-0.3, -0.25) is 9.59 Å². The summed E-state index contributed by atoms with van der Waals surface area (Å²) in [6.07, 6.45) is 9.54. The van der Waals surface area contributed by atoms with E-state index >= 15 is 0 Å². The number of carbonyl (C=O) groups is 3. The minimum Gasteiger partial charge on any atom is -0.458 e. The Balaban J connectivity index is 1.55. The van der Waals surface area contributed by atoms with Crippen LogP contribution in [-0.4, -0.2) is 24.1 Å². The molecule has 35 heavy (non-hydrogen) atoms. The summed E-state index contributed by atoms with van der Waals surface area (Å²) in [5.41, 5.74) is 3.14. The minimum atomic E-state index is -0.554. The summed E-state index contributed by atoms with van der Waals surface area (Å²) in [6.45, 7) is 17.7. The Morgan fingerprint density at radius 1 is 1.00 bits per heavy atom. The van der Waals surface area contributed by atoms with Crippen molar-refractivity contribution in [1.29, 1.82) is 0 Å². The highest BCUT2D eigenvalue weighted by atomic mass is 16.5. The second-order valence-electron chi connectivity index (χ2n) is 13.7. The number of Topliss-reactive ketones (excluding diaryl/α,β-unsaturated/α-hetero) is 1. The fourth-order valence-electron chi connectivity index (χ4n) is 10.3. The highest BCUT2D eigenvalue weighted by Gasteiger charge is 2.68. The van der Waals surface area contributed by atoms with Crippen LogP contribution in [-0.2, 0) is 19.1 Å². The van der Waals surface area contributed by atoms with E-state index in [4.69, 9.17) is 4.74 Å². The Labute approximate surface area is 211 Å². The van der Waals surface area contributed by atoms with Crippen LogP contribution in [0.4, 0.5) is 0 Å². The van der Waals surface area contributed by atoms with E-state index in [0.29, 0.717) is 24.2 Å².